The van der Waals surface area contributed by atoms with Gasteiger partial charge >= 0.3 is 0 Å². The van der Waals surface area contributed by atoms with Gasteiger partial charge in [0.25, 0.3) is 0 Å². The van der Waals surface area contributed by atoms with Crippen molar-refractivity contribution < 1.29 is 18.0 Å². The summed E-state index contributed by atoms with van der Waals surface area (Å²) in [6, 6.07) is 12.2. The molecule has 2 aromatic rings. The van der Waals surface area contributed by atoms with Gasteiger partial charge in [0.05, 0.1) is 11.9 Å². The lowest BCUT2D eigenvalue weighted by Crippen LogP contribution is -2.48. The second-order valence-corrected chi connectivity index (χ2v) is 12.0. The monoisotopic (exact) mass is 535 g/mol. The van der Waals surface area contributed by atoms with E-state index in [1.165, 1.54) is 4.31 Å². The molecule has 0 aliphatic rings. The van der Waals surface area contributed by atoms with Gasteiger partial charge in [0.15, 0.2) is 0 Å². The molecule has 9 heteroatoms. The lowest BCUT2D eigenvalue weighted by atomic mass is 10.1. The first-order chi connectivity index (χ1) is 16.8. The van der Waals surface area contributed by atoms with Crippen LogP contribution in [0.25, 0.3) is 0 Å². The molecule has 0 fully saturated rings. The first kappa shape index (κ1) is 29.6. The Morgan fingerprint density at radius 3 is 2.31 bits per heavy atom. The van der Waals surface area contributed by atoms with Gasteiger partial charge in [-0.15, -0.1) is 0 Å². The summed E-state index contributed by atoms with van der Waals surface area (Å²) in [5.41, 5.74) is 3.26. The van der Waals surface area contributed by atoms with Gasteiger partial charge in [-0.1, -0.05) is 55.8 Å². The fraction of sp³-hybridized carbons (Fsp3) is 0.481. The summed E-state index contributed by atoms with van der Waals surface area (Å²) in [7, 11) is -3.59. The van der Waals surface area contributed by atoms with Crippen LogP contribution in [-0.2, 0) is 26.2 Å². The number of carbonyl (C=O) groups is 2. The van der Waals surface area contributed by atoms with Crippen LogP contribution in [-0.4, -0.2) is 50.5 Å². The van der Waals surface area contributed by atoms with Crippen molar-refractivity contribution in [3.8, 4) is 0 Å². The quantitative estimate of drug-likeness (QED) is 0.427. The van der Waals surface area contributed by atoms with Gasteiger partial charge < -0.3 is 10.2 Å². The lowest BCUT2D eigenvalue weighted by molar-refractivity contribution is -0.140. The van der Waals surface area contributed by atoms with Crippen LogP contribution < -0.4 is 9.62 Å². The van der Waals surface area contributed by atoms with E-state index in [1.807, 2.05) is 52.0 Å². The first-order valence-corrected chi connectivity index (χ1v) is 14.4. The Bertz CT molecular complexity index is 1170. The van der Waals surface area contributed by atoms with E-state index < -0.39 is 16.1 Å². The van der Waals surface area contributed by atoms with E-state index in [0.717, 1.165) is 22.9 Å². The molecule has 1 N–H and O–H groups in total. The number of benzene rings is 2. The van der Waals surface area contributed by atoms with Crippen LogP contribution in [0.5, 0.6) is 0 Å². The smallest absolute Gasteiger partial charge is 0.242 e. The summed E-state index contributed by atoms with van der Waals surface area (Å²) in [5, 5.41) is 3.35. The number of anilines is 1. The van der Waals surface area contributed by atoms with Crippen LogP contribution in [0.4, 0.5) is 5.69 Å². The predicted octanol–water partition coefficient (Wildman–Crippen LogP) is 4.69. The van der Waals surface area contributed by atoms with Crippen LogP contribution in [0.15, 0.2) is 42.5 Å². The Balaban J connectivity index is 2.21. The topological polar surface area (TPSA) is 86.8 Å². The summed E-state index contributed by atoms with van der Waals surface area (Å²) in [5.74, 6) is -0.127. The largest absolute Gasteiger partial charge is 0.354 e. The van der Waals surface area contributed by atoms with E-state index in [1.54, 1.807) is 30.0 Å². The average molecular weight is 536 g/mol. The fourth-order valence-electron chi connectivity index (χ4n) is 3.84. The zero-order chi connectivity index (χ0) is 27.0. The lowest BCUT2D eigenvalue weighted by Gasteiger charge is -2.30. The summed E-state index contributed by atoms with van der Waals surface area (Å²) in [6.07, 6.45) is 1.53. The van der Waals surface area contributed by atoms with Gasteiger partial charge in [0.2, 0.25) is 21.8 Å². The van der Waals surface area contributed by atoms with E-state index in [0.29, 0.717) is 36.1 Å². The first-order valence-electron chi connectivity index (χ1n) is 12.2. The number of rotatable bonds is 12. The standard InChI is InChI=1S/C27H38ClN3O4S/c1-19(2)17-29-27(33)22(5)30(18-23-11-8-7-10-20(23)3)26(32)12-9-15-31(36(6,34)35)25-16-24(28)14-13-21(25)4/h7-8,10-11,13-14,16,19,22H,9,12,15,17-18H2,1-6H3,(H,29,33). The van der Waals surface area contributed by atoms with Gasteiger partial charge in [-0.05, 0) is 61.9 Å². The number of carbonyl (C=O) groups excluding carboxylic acids is 2. The molecule has 0 saturated heterocycles. The zero-order valence-corrected chi connectivity index (χ0v) is 23.6. The Morgan fingerprint density at radius 1 is 1.03 bits per heavy atom. The minimum atomic E-state index is -3.59. The van der Waals surface area contributed by atoms with Crippen LogP contribution in [0.3, 0.4) is 0 Å². The van der Waals surface area contributed by atoms with E-state index in [2.05, 4.69) is 5.32 Å². The van der Waals surface area contributed by atoms with Crippen LogP contribution in [0.1, 0.15) is 50.3 Å². The molecule has 198 valence electrons. The zero-order valence-electron chi connectivity index (χ0n) is 22.0. The van der Waals surface area contributed by atoms with Crippen LogP contribution in [0.2, 0.25) is 5.02 Å². The van der Waals surface area contributed by atoms with Crippen LogP contribution in [0, 0.1) is 19.8 Å². The molecule has 0 saturated carbocycles. The van der Waals surface area contributed by atoms with Gasteiger partial charge in [0, 0.05) is 31.1 Å². The van der Waals surface area contributed by atoms with E-state index in [9.17, 15) is 18.0 Å². The molecule has 0 aliphatic carbocycles. The molecular weight excluding hydrogens is 498 g/mol. The van der Waals surface area contributed by atoms with Crippen molar-refractivity contribution in [1.82, 2.24) is 10.2 Å². The molecule has 2 rings (SSSR count). The van der Waals surface area contributed by atoms with Crippen molar-refractivity contribution in [2.24, 2.45) is 5.92 Å². The van der Waals surface area contributed by atoms with Crippen molar-refractivity contribution in [2.45, 2.75) is 60.0 Å². The second-order valence-electron chi connectivity index (χ2n) is 9.63. The molecule has 0 spiro atoms. The molecule has 1 atom stereocenters. The molecule has 1 unspecified atom stereocenters. The number of nitrogens with one attached hydrogen (secondary N) is 1. The predicted molar refractivity (Wildman–Crippen MR) is 147 cm³/mol. The van der Waals surface area contributed by atoms with Crippen molar-refractivity contribution in [3.63, 3.8) is 0 Å². The van der Waals surface area contributed by atoms with Gasteiger partial charge in [-0.25, -0.2) is 8.42 Å². The third-order valence-corrected chi connectivity index (χ3v) is 7.46. The molecule has 2 amide bonds. The number of aryl methyl sites for hydroxylation is 2. The summed E-state index contributed by atoms with van der Waals surface area (Å²) < 4.78 is 26.4. The number of sulfonamides is 1. The van der Waals surface area contributed by atoms with Gasteiger partial charge in [-0.2, -0.15) is 0 Å². The SMILES string of the molecule is Cc1ccccc1CN(C(=O)CCCN(c1cc(Cl)ccc1C)S(C)(=O)=O)C(C)C(=O)NCC(C)C. The Labute approximate surface area is 220 Å². The molecule has 0 aromatic heterocycles. The minimum absolute atomic E-state index is 0.0965. The highest BCUT2D eigenvalue weighted by Gasteiger charge is 2.27. The van der Waals surface area contributed by atoms with Gasteiger partial charge in [-0.3, -0.25) is 13.9 Å². The van der Waals surface area contributed by atoms with Crippen molar-refractivity contribution in [2.75, 3.05) is 23.7 Å². The summed E-state index contributed by atoms with van der Waals surface area (Å²) in [6.45, 7) is 10.5. The molecule has 0 aliphatic heterocycles. The average Bonchev–Trinajstić information content (AvgIpc) is 2.80. The highest BCUT2D eigenvalue weighted by molar-refractivity contribution is 7.92. The molecule has 36 heavy (non-hydrogen) atoms. The number of nitrogens with zero attached hydrogens (tertiary/aromatic N) is 2. The number of hydrogen-bond donors (Lipinski definition) is 1. The number of hydrogen-bond acceptors (Lipinski definition) is 4. The highest BCUT2D eigenvalue weighted by Crippen LogP contribution is 2.27. The molecule has 0 heterocycles. The van der Waals surface area contributed by atoms with Crippen molar-refractivity contribution in [1.29, 1.82) is 0 Å². The maximum absolute atomic E-state index is 13.4. The van der Waals surface area contributed by atoms with E-state index in [4.69, 9.17) is 11.6 Å². The number of amides is 2. The third kappa shape index (κ3) is 8.52. The van der Waals surface area contributed by atoms with E-state index >= 15 is 0 Å². The maximum atomic E-state index is 13.4. The Morgan fingerprint density at radius 2 is 1.69 bits per heavy atom. The number of halogens is 1. The second kappa shape index (κ2) is 13.1. The highest BCUT2D eigenvalue weighted by atomic mass is 35.5. The molecular formula is C27H38ClN3O4S. The Kier molecular flexibility index (Phi) is 10.8. The Hall–Kier alpha value is -2.58. The normalized spacial score (nSPS) is 12.3. The molecule has 7 nitrogen and oxygen atoms in total. The van der Waals surface area contributed by atoms with E-state index in [-0.39, 0.29) is 24.8 Å². The summed E-state index contributed by atoms with van der Waals surface area (Å²) in [4.78, 5) is 27.8. The minimum Gasteiger partial charge on any atom is -0.354 e. The molecule has 0 radical (unpaired) electrons. The maximum Gasteiger partial charge on any atom is 0.242 e. The third-order valence-electron chi connectivity index (χ3n) is 6.05. The van der Waals surface area contributed by atoms with Crippen LogP contribution >= 0.6 is 11.6 Å². The van der Waals surface area contributed by atoms with Crippen molar-refractivity contribution in [3.05, 3.63) is 64.2 Å². The molecule has 2 aromatic carbocycles. The summed E-state index contributed by atoms with van der Waals surface area (Å²) >= 11 is 6.12. The molecule has 0 bridgehead atoms. The van der Waals surface area contributed by atoms with Crippen molar-refractivity contribution >= 4 is 39.1 Å². The van der Waals surface area contributed by atoms with Gasteiger partial charge in [0.1, 0.15) is 6.04 Å². The fourth-order valence-corrected chi connectivity index (χ4v) is 5.02.